The Balaban J connectivity index is 1.98. The molecule has 1 aromatic heterocycles. The van der Waals surface area contributed by atoms with Gasteiger partial charge in [0, 0.05) is 0 Å². The SMILES string of the molecule is COC(=O)c1ccccc1NC(=O)CSc1nnc(N)s1. The number of rotatable bonds is 5. The molecule has 110 valence electrons. The predicted octanol–water partition coefficient (Wildman–Crippen LogP) is 1.64. The van der Waals surface area contributed by atoms with Gasteiger partial charge in [-0.2, -0.15) is 0 Å². The van der Waals surface area contributed by atoms with Crippen molar-refractivity contribution in [1.82, 2.24) is 10.2 Å². The summed E-state index contributed by atoms with van der Waals surface area (Å²) >= 11 is 2.44. The van der Waals surface area contributed by atoms with Gasteiger partial charge in [0.25, 0.3) is 0 Å². The highest BCUT2D eigenvalue weighted by Crippen LogP contribution is 2.24. The summed E-state index contributed by atoms with van der Waals surface area (Å²) in [5.41, 5.74) is 6.17. The molecule has 2 aromatic rings. The van der Waals surface area contributed by atoms with E-state index in [0.29, 0.717) is 20.7 Å². The van der Waals surface area contributed by atoms with Crippen LogP contribution in [0, 0.1) is 0 Å². The van der Waals surface area contributed by atoms with Crippen molar-refractivity contribution < 1.29 is 14.3 Å². The summed E-state index contributed by atoms with van der Waals surface area (Å²) < 4.78 is 5.28. The van der Waals surface area contributed by atoms with Gasteiger partial charge in [-0.3, -0.25) is 4.79 Å². The minimum atomic E-state index is -0.504. The van der Waals surface area contributed by atoms with Crippen molar-refractivity contribution in [3.8, 4) is 0 Å². The fraction of sp³-hybridized carbons (Fsp3) is 0.167. The fourth-order valence-corrected chi connectivity index (χ4v) is 2.91. The lowest BCUT2D eigenvalue weighted by atomic mass is 10.2. The van der Waals surface area contributed by atoms with Crippen molar-refractivity contribution >= 4 is 45.8 Å². The molecule has 1 amide bonds. The maximum absolute atomic E-state index is 11.9. The first-order valence-electron chi connectivity index (χ1n) is 5.79. The second-order valence-electron chi connectivity index (χ2n) is 3.78. The van der Waals surface area contributed by atoms with E-state index in [1.165, 1.54) is 30.2 Å². The Labute approximate surface area is 128 Å². The van der Waals surface area contributed by atoms with Crippen LogP contribution in [0.15, 0.2) is 28.6 Å². The van der Waals surface area contributed by atoms with Crippen LogP contribution in [0.1, 0.15) is 10.4 Å². The van der Waals surface area contributed by atoms with E-state index in [-0.39, 0.29) is 11.7 Å². The number of nitrogens with two attached hydrogens (primary N) is 1. The first-order chi connectivity index (χ1) is 10.1. The Morgan fingerprint density at radius 1 is 1.38 bits per heavy atom. The van der Waals surface area contributed by atoms with Gasteiger partial charge in [0.2, 0.25) is 11.0 Å². The van der Waals surface area contributed by atoms with Gasteiger partial charge in [0.05, 0.1) is 24.1 Å². The van der Waals surface area contributed by atoms with Gasteiger partial charge in [-0.05, 0) is 12.1 Å². The number of methoxy groups -OCH3 is 1. The number of nitrogens with zero attached hydrogens (tertiary/aromatic N) is 2. The summed E-state index contributed by atoms with van der Waals surface area (Å²) in [6.45, 7) is 0. The second kappa shape index (κ2) is 7.04. The number of carbonyl (C=O) groups is 2. The van der Waals surface area contributed by atoms with E-state index in [9.17, 15) is 9.59 Å². The first-order valence-corrected chi connectivity index (χ1v) is 7.59. The molecule has 0 bridgehead atoms. The molecule has 0 unspecified atom stereocenters. The number of esters is 1. The van der Waals surface area contributed by atoms with Crippen LogP contribution >= 0.6 is 23.1 Å². The van der Waals surface area contributed by atoms with Crippen LogP contribution in [-0.4, -0.2) is 34.9 Å². The number of para-hydroxylation sites is 1. The lowest BCUT2D eigenvalue weighted by molar-refractivity contribution is -0.113. The molecule has 2 rings (SSSR count). The number of aromatic nitrogens is 2. The Morgan fingerprint density at radius 2 is 2.14 bits per heavy atom. The molecule has 1 aromatic carbocycles. The van der Waals surface area contributed by atoms with Gasteiger partial charge in [0.15, 0.2) is 4.34 Å². The average Bonchev–Trinajstić information content (AvgIpc) is 2.90. The lowest BCUT2D eigenvalue weighted by Crippen LogP contribution is -2.17. The number of hydrogen-bond acceptors (Lipinski definition) is 8. The van der Waals surface area contributed by atoms with Crippen molar-refractivity contribution in [2.45, 2.75) is 4.34 Å². The maximum Gasteiger partial charge on any atom is 0.339 e. The molecule has 0 spiro atoms. The Kier molecular flexibility index (Phi) is 5.12. The normalized spacial score (nSPS) is 10.1. The van der Waals surface area contributed by atoms with E-state index in [1.54, 1.807) is 24.3 Å². The number of nitrogen functional groups attached to an aromatic ring is 1. The van der Waals surface area contributed by atoms with Crippen molar-refractivity contribution in [2.75, 3.05) is 23.9 Å². The lowest BCUT2D eigenvalue weighted by Gasteiger charge is -2.08. The first kappa shape index (κ1) is 15.3. The smallest absolute Gasteiger partial charge is 0.339 e. The summed E-state index contributed by atoms with van der Waals surface area (Å²) in [7, 11) is 1.29. The van der Waals surface area contributed by atoms with E-state index in [2.05, 4.69) is 20.3 Å². The molecule has 0 atom stereocenters. The molecule has 0 aliphatic heterocycles. The summed E-state index contributed by atoms with van der Waals surface area (Å²) in [5.74, 6) is -0.620. The van der Waals surface area contributed by atoms with Gasteiger partial charge in [-0.1, -0.05) is 35.2 Å². The summed E-state index contributed by atoms with van der Waals surface area (Å²) in [4.78, 5) is 23.5. The highest BCUT2D eigenvalue weighted by Gasteiger charge is 2.13. The molecule has 9 heteroatoms. The zero-order chi connectivity index (χ0) is 15.2. The van der Waals surface area contributed by atoms with E-state index >= 15 is 0 Å². The minimum Gasteiger partial charge on any atom is -0.465 e. The van der Waals surface area contributed by atoms with E-state index < -0.39 is 5.97 Å². The molecule has 0 fully saturated rings. The van der Waals surface area contributed by atoms with Gasteiger partial charge in [-0.15, -0.1) is 10.2 Å². The zero-order valence-corrected chi connectivity index (χ0v) is 12.7. The van der Waals surface area contributed by atoms with Crippen molar-refractivity contribution in [3.05, 3.63) is 29.8 Å². The predicted molar refractivity (Wildman–Crippen MR) is 81.5 cm³/mol. The molecule has 0 radical (unpaired) electrons. The van der Waals surface area contributed by atoms with Gasteiger partial charge < -0.3 is 15.8 Å². The summed E-state index contributed by atoms with van der Waals surface area (Å²) in [5, 5.41) is 10.5. The van der Waals surface area contributed by atoms with Crippen LogP contribution in [0.4, 0.5) is 10.8 Å². The molecule has 0 aliphatic carbocycles. The van der Waals surface area contributed by atoms with E-state index in [0.717, 1.165) is 0 Å². The van der Waals surface area contributed by atoms with Crippen LogP contribution in [0.25, 0.3) is 0 Å². The Morgan fingerprint density at radius 3 is 2.81 bits per heavy atom. The maximum atomic E-state index is 11.9. The second-order valence-corrected chi connectivity index (χ2v) is 6.01. The van der Waals surface area contributed by atoms with Gasteiger partial charge >= 0.3 is 5.97 Å². The molecule has 1 heterocycles. The third-order valence-electron chi connectivity index (χ3n) is 2.36. The highest BCUT2D eigenvalue weighted by atomic mass is 32.2. The summed E-state index contributed by atoms with van der Waals surface area (Å²) in [6.07, 6.45) is 0. The molecular weight excluding hydrogens is 312 g/mol. The van der Waals surface area contributed by atoms with Crippen molar-refractivity contribution in [3.63, 3.8) is 0 Å². The molecule has 0 aliphatic rings. The molecule has 0 saturated heterocycles. The number of ether oxygens (including phenoxy) is 1. The molecule has 7 nitrogen and oxygen atoms in total. The zero-order valence-electron chi connectivity index (χ0n) is 11.0. The Bertz CT molecular complexity index is 659. The van der Waals surface area contributed by atoms with Crippen LogP contribution < -0.4 is 11.1 Å². The van der Waals surface area contributed by atoms with Crippen LogP contribution in [0.5, 0.6) is 0 Å². The number of carbonyl (C=O) groups excluding carboxylic acids is 2. The topological polar surface area (TPSA) is 107 Å². The van der Waals surface area contributed by atoms with Gasteiger partial charge in [-0.25, -0.2) is 4.79 Å². The molecule has 21 heavy (non-hydrogen) atoms. The van der Waals surface area contributed by atoms with Crippen LogP contribution in [0.3, 0.4) is 0 Å². The Hall–Kier alpha value is -2.13. The highest BCUT2D eigenvalue weighted by molar-refractivity contribution is 8.01. The van der Waals surface area contributed by atoms with Crippen molar-refractivity contribution in [2.24, 2.45) is 0 Å². The molecular formula is C12H12N4O3S2. The number of thioether (sulfide) groups is 1. The van der Waals surface area contributed by atoms with Crippen LogP contribution in [-0.2, 0) is 9.53 Å². The minimum absolute atomic E-state index is 0.143. The molecule has 0 saturated carbocycles. The quantitative estimate of drug-likeness (QED) is 0.636. The standard InChI is InChI=1S/C12H12N4O3S2/c1-19-10(18)7-4-2-3-5-8(7)14-9(17)6-20-12-16-15-11(13)21-12/h2-5H,6H2,1H3,(H2,13,15)(H,14,17). The van der Waals surface area contributed by atoms with E-state index in [4.69, 9.17) is 5.73 Å². The number of benzene rings is 1. The van der Waals surface area contributed by atoms with E-state index in [1.807, 2.05) is 0 Å². The van der Waals surface area contributed by atoms with Crippen LogP contribution in [0.2, 0.25) is 0 Å². The third kappa shape index (κ3) is 4.17. The third-order valence-corrected chi connectivity index (χ3v) is 4.24. The van der Waals surface area contributed by atoms with Gasteiger partial charge in [0.1, 0.15) is 0 Å². The largest absolute Gasteiger partial charge is 0.465 e. The van der Waals surface area contributed by atoms with Crippen molar-refractivity contribution in [1.29, 1.82) is 0 Å². The molecule has 3 N–H and O–H groups in total. The average molecular weight is 324 g/mol. The summed E-state index contributed by atoms with van der Waals surface area (Å²) in [6, 6.07) is 6.64. The number of hydrogen-bond donors (Lipinski definition) is 2. The fourth-order valence-electron chi connectivity index (χ4n) is 1.47. The monoisotopic (exact) mass is 324 g/mol. The number of amides is 1. The number of anilines is 2. The number of nitrogens with one attached hydrogen (secondary N) is 1.